The Labute approximate surface area is 139 Å². The molecular weight excluding hydrogens is 306 g/mol. The first kappa shape index (κ1) is 15.9. The van der Waals surface area contributed by atoms with Crippen LogP contribution in [0.15, 0.2) is 36.7 Å². The van der Waals surface area contributed by atoms with Gasteiger partial charge in [-0.25, -0.2) is 9.97 Å². The van der Waals surface area contributed by atoms with Crippen LogP contribution >= 0.6 is 0 Å². The van der Waals surface area contributed by atoms with Crippen LogP contribution in [0.2, 0.25) is 0 Å². The lowest BCUT2D eigenvalue weighted by Gasteiger charge is -2.27. The van der Waals surface area contributed by atoms with Gasteiger partial charge in [0.25, 0.3) is 5.91 Å². The summed E-state index contributed by atoms with van der Waals surface area (Å²) in [6, 6.07) is 8.10. The third kappa shape index (κ3) is 3.68. The highest BCUT2D eigenvalue weighted by molar-refractivity contribution is 6.03. The lowest BCUT2D eigenvalue weighted by Crippen LogP contribution is -2.30. The van der Waals surface area contributed by atoms with Crippen LogP contribution < -0.4 is 16.0 Å². The van der Waals surface area contributed by atoms with Gasteiger partial charge in [-0.2, -0.15) is 0 Å². The van der Waals surface area contributed by atoms with E-state index in [2.05, 4.69) is 20.2 Å². The van der Waals surface area contributed by atoms with Crippen molar-refractivity contribution in [3.8, 4) is 0 Å². The van der Waals surface area contributed by atoms with Crippen LogP contribution in [-0.2, 0) is 0 Å². The highest BCUT2D eigenvalue weighted by Gasteiger charge is 2.15. The summed E-state index contributed by atoms with van der Waals surface area (Å²) in [6.45, 7) is 1.90. The van der Waals surface area contributed by atoms with Gasteiger partial charge in [-0.05, 0) is 43.5 Å². The second-order valence-electron chi connectivity index (χ2n) is 5.70. The molecule has 1 aliphatic heterocycles. The Balaban J connectivity index is 1.71. The second kappa shape index (κ2) is 7.08. The van der Waals surface area contributed by atoms with Crippen molar-refractivity contribution >= 4 is 23.3 Å². The molecule has 1 aromatic carbocycles. The van der Waals surface area contributed by atoms with Crippen molar-refractivity contribution in [2.45, 2.75) is 19.3 Å². The standard InChI is InChI=1S/C17H19N5O2/c18-16(23)12-4-6-13(7-5-12)21-17(24)14-10-15(20-11-19-14)22-8-2-1-3-9-22/h4-7,10-11H,1-3,8-9H2,(H2,18,23)(H,21,24). The maximum atomic E-state index is 12.4. The minimum atomic E-state index is -0.505. The van der Waals surface area contributed by atoms with E-state index >= 15 is 0 Å². The average molecular weight is 325 g/mol. The molecule has 1 aromatic heterocycles. The number of primary amides is 1. The van der Waals surface area contributed by atoms with Gasteiger partial charge in [0.2, 0.25) is 5.91 Å². The van der Waals surface area contributed by atoms with E-state index < -0.39 is 5.91 Å². The number of hydrogen-bond donors (Lipinski definition) is 2. The number of amides is 2. The van der Waals surface area contributed by atoms with E-state index in [0.29, 0.717) is 16.9 Å². The molecule has 3 N–H and O–H groups in total. The van der Waals surface area contributed by atoms with Gasteiger partial charge in [-0.15, -0.1) is 0 Å². The number of nitrogens with one attached hydrogen (secondary N) is 1. The number of rotatable bonds is 4. The molecule has 0 aliphatic carbocycles. The van der Waals surface area contributed by atoms with Gasteiger partial charge in [-0.1, -0.05) is 0 Å². The molecule has 1 aliphatic rings. The molecule has 7 nitrogen and oxygen atoms in total. The van der Waals surface area contributed by atoms with Crippen molar-refractivity contribution < 1.29 is 9.59 Å². The van der Waals surface area contributed by atoms with Crippen molar-refractivity contribution in [1.82, 2.24) is 9.97 Å². The number of hydrogen-bond acceptors (Lipinski definition) is 5. The predicted octanol–water partition coefficient (Wildman–Crippen LogP) is 1.82. The van der Waals surface area contributed by atoms with Crippen molar-refractivity contribution in [3.05, 3.63) is 47.9 Å². The zero-order valence-electron chi connectivity index (χ0n) is 13.2. The number of nitrogens with zero attached hydrogens (tertiary/aromatic N) is 3. The third-order valence-corrected chi connectivity index (χ3v) is 3.99. The van der Waals surface area contributed by atoms with E-state index in [-0.39, 0.29) is 5.91 Å². The summed E-state index contributed by atoms with van der Waals surface area (Å²) in [4.78, 5) is 33.9. The summed E-state index contributed by atoms with van der Waals surface area (Å²) in [6.07, 6.45) is 4.92. The quantitative estimate of drug-likeness (QED) is 0.893. The van der Waals surface area contributed by atoms with Crippen molar-refractivity contribution in [2.24, 2.45) is 5.73 Å². The van der Waals surface area contributed by atoms with E-state index in [9.17, 15) is 9.59 Å². The average Bonchev–Trinajstić information content (AvgIpc) is 2.63. The molecular formula is C17H19N5O2. The van der Waals surface area contributed by atoms with Gasteiger partial charge in [0.15, 0.2) is 0 Å². The smallest absolute Gasteiger partial charge is 0.274 e. The molecule has 3 rings (SSSR count). The fourth-order valence-electron chi connectivity index (χ4n) is 2.68. The van der Waals surface area contributed by atoms with E-state index in [1.165, 1.54) is 12.7 Å². The fourth-order valence-corrected chi connectivity index (χ4v) is 2.68. The van der Waals surface area contributed by atoms with E-state index in [1.807, 2.05) is 0 Å². The van der Waals surface area contributed by atoms with Crippen molar-refractivity contribution in [3.63, 3.8) is 0 Å². The molecule has 7 heteroatoms. The number of anilines is 2. The number of carbonyl (C=O) groups excluding carboxylic acids is 2. The zero-order chi connectivity index (χ0) is 16.9. The van der Waals surface area contributed by atoms with Crippen molar-refractivity contribution in [1.29, 1.82) is 0 Å². The van der Waals surface area contributed by atoms with Gasteiger partial charge >= 0.3 is 0 Å². The fraction of sp³-hybridized carbons (Fsp3) is 0.294. The van der Waals surface area contributed by atoms with Crippen LogP contribution in [0.3, 0.4) is 0 Å². The highest BCUT2D eigenvalue weighted by Crippen LogP contribution is 2.18. The summed E-state index contributed by atoms with van der Waals surface area (Å²) in [7, 11) is 0. The summed E-state index contributed by atoms with van der Waals surface area (Å²) < 4.78 is 0. The van der Waals surface area contributed by atoms with Crippen LogP contribution in [0, 0.1) is 0 Å². The summed E-state index contributed by atoms with van der Waals surface area (Å²) in [5.74, 6) is -0.0451. The Morgan fingerprint density at radius 2 is 1.75 bits per heavy atom. The minimum Gasteiger partial charge on any atom is -0.366 e. The number of carbonyl (C=O) groups is 2. The minimum absolute atomic E-state index is 0.310. The van der Waals surface area contributed by atoms with Crippen molar-refractivity contribution in [2.75, 3.05) is 23.3 Å². The molecule has 2 aromatic rings. The number of piperidine rings is 1. The molecule has 24 heavy (non-hydrogen) atoms. The topological polar surface area (TPSA) is 101 Å². The molecule has 1 saturated heterocycles. The molecule has 0 spiro atoms. The van der Waals surface area contributed by atoms with Crippen LogP contribution in [0.1, 0.15) is 40.1 Å². The Hall–Kier alpha value is -2.96. The van der Waals surface area contributed by atoms with Gasteiger partial charge in [0.05, 0.1) is 0 Å². The largest absolute Gasteiger partial charge is 0.366 e. The van der Waals surface area contributed by atoms with Gasteiger partial charge in [0.1, 0.15) is 17.8 Å². The monoisotopic (exact) mass is 325 g/mol. The van der Waals surface area contributed by atoms with E-state index in [1.54, 1.807) is 30.3 Å². The third-order valence-electron chi connectivity index (χ3n) is 3.99. The highest BCUT2D eigenvalue weighted by atomic mass is 16.2. The second-order valence-corrected chi connectivity index (χ2v) is 5.70. The van der Waals surface area contributed by atoms with Gasteiger partial charge in [-0.3, -0.25) is 9.59 Å². The molecule has 2 amide bonds. The van der Waals surface area contributed by atoms with Gasteiger partial charge in [0, 0.05) is 30.4 Å². The maximum absolute atomic E-state index is 12.4. The molecule has 0 bridgehead atoms. The van der Waals surface area contributed by atoms with Crippen LogP contribution in [0.5, 0.6) is 0 Å². The first-order valence-corrected chi connectivity index (χ1v) is 7.92. The first-order valence-electron chi connectivity index (χ1n) is 7.92. The molecule has 0 atom stereocenters. The Kier molecular flexibility index (Phi) is 4.69. The summed E-state index contributed by atoms with van der Waals surface area (Å²) >= 11 is 0. The molecule has 0 unspecified atom stereocenters. The maximum Gasteiger partial charge on any atom is 0.274 e. The molecule has 124 valence electrons. The Morgan fingerprint density at radius 1 is 1.04 bits per heavy atom. The van der Waals surface area contributed by atoms with Gasteiger partial charge < -0.3 is 16.0 Å². The first-order chi connectivity index (χ1) is 11.6. The van der Waals surface area contributed by atoms with Crippen LogP contribution in [0.25, 0.3) is 0 Å². The Bertz CT molecular complexity index is 739. The summed E-state index contributed by atoms with van der Waals surface area (Å²) in [5, 5.41) is 2.75. The predicted molar refractivity (Wildman–Crippen MR) is 91.0 cm³/mol. The SMILES string of the molecule is NC(=O)c1ccc(NC(=O)c2cc(N3CCCCC3)ncn2)cc1. The molecule has 0 saturated carbocycles. The Morgan fingerprint density at radius 3 is 2.42 bits per heavy atom. The van der Waals surface area contributed by atoms with Crippen LogP contribution in [0.4, 0.5) is 11.5 Å². The number of benzene rings is 1. The normalized spacial score (nSPS) is 14.2. The molecule has 2 heterocycles. The number of nitrogens with two attached hydrogens (primary N) is 1. The zero-order valence-corrected chi connectivity index (χ0v) is 13.2. The lowest BCUT2D eigenvalue weighted by atomic mass is 10.1. The number of aromatic nitrogens is 2. The van der Waals surface area contributed by atoms with Crippen LogP contribution in [-0.4, -0.2) is 34.9 Å². The molecule has 0 radical (unpaired) electrons. The van der Waals surface area contributed by atoms with E-state index in [0.717, 1.165) is 31.7 Å². The molecule has 1 fully saturated rings. The summed E-state index contributed by atoms with van der Waals surface area (Å²) in [5.41, 5.74) is 6.47. The lowest BCUT2D eigenvalue weighted by molar-refractivity contribution is 0.0998. The van der Waals surface area contributed by atoms with E-state index in [4.69, 9.17) is 5.73 Å².